The molecule has 0 aliphatic carbocycles. The van der Waals surface area contributed by atoms with Gasteiger partial charge in [0.15, 0.2) is 0 Å². The number of amides is 1. The summed E-state index contributed by atoms with van der Waals surface area (Å²) in [6.07, 6.45) is 0.856. The lowest BCUT2D eigenvalue weighted by Gasteiger charge is -2.26. The molecule has 1 aliphatic rings. The molecule has 1 aromatic rings. The SMILES string of the molecule is Cc1ccc(N2CCC(C(N)=O)C2)c(CNC(C)(C)C)c1. The Bertz CT molecular complexity index is 519. The predicted octanol–water partition coefficient (Wildman–Crippen LogP) is 2.19. The molecule has 2 rings (SSSR count). The zero-order chi connectivity index (χ0) is 15.6. The molecule has 1 aliphatic heterocycles. The zero-order valence-corrected chi connectivity index (χ0v) is 13.6. The van der Waals surface area contributed by atoms with Crippen molar-refractivity contribution >= 4 is 11.6 Å². The van der Waals surface area contributed by atoms with E-state index in [1.807, 2.05) is 0 Å². The predicted molar refractivity (Wildman–Crippen MR) is 87.3 cm³/mol. The first-order valence-corrected chi connectivity index (χ1v) is 7.65. The molecule has 1 atom stereocenters. The van der Waals surface area contributed by atoms with Crippen LogP contribution < -0.4 is 16.0 Å². The minimum absolute atomic E-state index is 0.0188. The summed E-state index contributed by atoms with van der Waals surface area (Å²) in [5.41, 5.74) is 9.29. The molecule has 4 nitrogen and oxygen atoms in total. The van der Waals surface area contributed by atoms with Gasteiger partial charge in [-0.15, -0.1) is 0 Å². The van der Waals surface area contributed by atoms with Gasteiger partial charge in [0.2, 0.25) is 5.91 Å². The first-order chi connectivity index (χ1) is 9.76. The van der Waals surface area contributed by atoms with Crippen LogP contribution in [0.25, 0.3) is 0 Å². The maximum Gasteiger partial charge on any atom is 0.222 e. The van der Waals surface area contributed by atoms with E-state index in [2.05, 4.69) is 56.1 Å². The van der Waals surface area contributed by atoms with Crippen LogP contribution in [-0.2, 0) is 11.3 Å². The lowest BCUT2D eigenvalue weighted by Crippen LogP contribution is -2.35. The Kier molecular flexibility index (Phi) is 4.57. The highest BCUT2D eigenvalue weighted by Crippen LogP contribution is 2.28. The lowest BCUT2D eigenvalue weighted by molar-refractivity contribution is -0.121. The number of hydrogen-bond acceptors (Lipinski definition) is 3. The highest BCUT2D eigenvalue weighted by molar-refractivity contribution is 5.78. The van der Waals surface area contributed by atoms with Crippen LogP contribution >= 0.6 is 0 Å². The van der Waals surface area contributed by atoms with Gasteiger partial charge in [0.25, 0.3) is 0 Å². The Balaban J connectivity index is 2.17. The van der Waals surface area contributed by atoms with Crippen molar-refractivity contribution in [3.05, 3.63) is 29.3 Å². The first-order valence-electron chi connectivity index (χ1n) is 7.65. The summed E-state index contributed by atoms with van der Waals surface area (Å²) >= 11 is 0. The molecule has 0 aromatic heterocycles. The summed E-state index contributed by atoms with van der Waals surface area (Å²) in [4.78, 5) is 13.6. The fourth-order valence-corrected chi connectivity index (χ4v) is 2.74. The van der Waals surface area contributed by atoms with E-state index in [1.165, 1.54) is 16.8 Å². The number of carbonyl (C=O) groups is 1. The van der Waals surface area contributed by atoms with Crippen LogP contribution in [0.5, 0.6) is 0 Å². The number of rotatable bonds is 4. The molecule has 0 spiro atoms. The second-order valence-corrected chi connectivity index (χ2v) is 7.07. The topological polar surface area (TPSA) is 58.4 Å². The smallest absolute Gasteiger partial charge is 0.222 e. The number of aryl methyl sites for hydroxylation is 1. The monoisotopic (exact) mass is 289 g/mol. The third-order valence-corrected chi connectivity index (χ3v) is 3.98. The third kappa shape index (κ3) is 4.21. The van der Waals surface area contributed by atoms with Gasteiger partial charge in [0.1, 0.15) is 0 Å². The molecule has 116 valence electrons. The average Bonchev–Trinajstić information content (AvgIpc) is 2.85. The maximum absolute atomic E-state index is 11.4. The number of benzene rings is 1. The van der Waals surface area contributed by atoms with E-state index in [0.717, 1.165) is 26.1 Å². The van der Waals surface area contributed by atoms with Gasteiger partial charge >= 0.3 is 0 Å². The molecule has 1 saturated heterocycles. The standard InChI is InChI=1S/C17H27N3O/c1-12-5-6-15(14(9-12)10-19-17(2,3)4)20-8-7-13(11-20)16(18)21/h5-6,9,13,19H,7-8,10-11H2,1-4H3,(H2,18,21). The highest BCUT2D eigenvalue weighted by atomic mass is 16.1. The van der Waals surface area contributed by atoms with E-state index >= 15 is 0 Å². The number of nitrogens with zero attached hydrogens (tertiary/aromatic N) is 1. The Morgan fingerprint density at radius 3 is 2.71 bits per heavy atom. The van der Waals surface area contributed by atoms with Crippen molar-refractivity contribution in [3.8, 4) is 0 Å². The van der Waals surface area contributed by atoms with E-state index in [1.54, 1.807) is 0 Å². The molecule has 0 bridgehead atoms. The third-order valence-electron chi connectivity index (χ3n) is 3.98. The molecule has 0 radical (unpaired) electrons. The molecule has 0 saturated carbocycles. The van der Waals surface area contributed by atoms with Crippen molar-refractivity contribution in [2.45, 2.75) is 46.2 Å². The number of anilines is 1. The Morgan fingerprint density at radius 1 is 1.43 bits per heavy atom. The largest absolute Gasteiger partial charge is 0.370 e. The van der Waals surface area contributed by atoms with Gasteiger partial charge < -0.3 is 16.0 Å². The van der Waals surface area contributed by atoms with Gasteiger partial charge in [-0.05, 0) is 45.7 Å². The van der Waals surface area contributed by atoms with Crippen LogP contribution in [0.3, 0.4) is 0 Å². The highest BCUT2D eigenvalue weighted by Gasteiger charge is 2.27. The maximum atomic E-state index is 11.4. The van der Waals surface area contributed by atoms with Gasteiger partial charge in [0.05, 0.1) is 5.92 Å². The van der Waals surface area contributed by atoms with Crippen molar-refractivity contribution in [2.24, 2.45) is 11.7 Å². The van der Waals surface area contributed by atoms with Gasteiger partial charge in [-0.25, -0.2) is 0 Å². The van der Waals surface area contributed by atoms with Crippen LogP contribution in [0.1, 0.15) is 38.3 Å². The van der Waals surface area contributed by atoms with Crippen LogP contribution in [0.4, 0.5) is 5.69 Å². The summed E-state index contributed by atoms with van der Waals surface area (Å²) in [5, 5.41) is 3.54. The average molecular weight is 289 g/mol. The van der Waals surface area contributed by atoms with Crippen LogP contribution in [0.2, 0.25) is 0 Å². The van der Waals surface area contributed by atoms with Crippen molar-refractivity contribution in [2.75, 3.05) is 18.0 Å². The van der Waals surface area contributed by atoms with E-state index in [0.29, 0.717) is 0 Å². The molecule has 4 heteroatoms. The van der Waals surface area contributed by atoms with E-state index in [4.69, 9.17) is 5.73 Å². The van der Waals surface area contributed by atoms with Crippen LogP contribution in [-0.4, -0.2) is 24.5 Å². The second kappa shape index (κ2) is 6.06. The van der Waals surface area contributed by atoms with Gasteiger partial charge in [-0.2, -0.15) is 0 Å². The second-order valence-electron chi connectivity index (χ2n) is 7.07. The Morgan fingerprint density at radius 2 is 2.14 bits per heavy atom. The van der Waals surface area contributed by atoms with Crippen LogP contribution in [0, 0.1) is 12.8 Å². The Labute approximate surface area is 127 Å². The molecular weight excluding hydrogens is 262 g/mol. The van der Waals surface area contributed by atoms with Crippen LogP contribution in [0.15, 0.2) is 18.2 Å². The minimum atomic E-state index is -0.182. The molecule has 1 fully saturated rings. The van der Waals surface area contributed by atoms with Crippen molar-refractivity contribution in [1.82, 2.24) is 5.32 Å². The molecule has 1 amide bonds. The molecule has 1 unspecified atom stereocenters. The summed E-state index contributed by atoms with van der Waals surface area (Å²) < 4.78 is 0. The summed E-state index contributed by atoms with van der Waals surface area (Å²) in [6, 6.07) is 6.53. The summed E-state index contributed by atoms with van der Waals surface area (Å²) in [5.74, 6) is -0.200. The number of nitrogens with two attached hydrogens (primary N) is 1. The van der Waals surface area contributed by atoms with E-state index < -0.39 is 0 Å². The first kappa shape index (κ1) is 15.8. The summed E-state index contributed by atoms with van der Waals surface area (Å²) in [7, 11) is 0. The quantitative estimate of drug-likeness (QED) is 0.893. The zero-order valence-electron chi connectivity index (χ0n) is 13.6. The number of hydrogen-bond donors (Lipinski definition) is 2. The van der Waals surface area contributed by atoms with Crippen molar-refractivity contribution < 1.29 is 4.79 Å². The van der Waals surface area contributed by atoms with Crippen molar-refractivity contribution in [1.29, 1.82) is 0 Å². The molecule has 1 aromatic carbocycles. The lowest BCUT2D eigenvalue weighted by atomic mass is 10.1. The fourth-order valence-electron chi connectivity index (χ4n) is 2.74. The number of primary amides is 1. The summed E-state index contributed by atoms with van der Waals surface area (Å²) in [6.45, 7) is 11.1. The van der Waals surface area contributed by atoms with Gasteiger partial charge in [0, 0.05) is 30.9 Å². The van der Waals surface area contributed by atoms with E-state index in [9.17, 15) is 4.79 Å². The van der Waals surface area contributed by atoms with Crippen molar-refractivity contribution in [3.63, 3.8) is 0 Å². The molecule has 21 heavy (non-hydrogen) atoms. The fraction of sp³-hybridized carbons (Fsp3) is 0.588. The number of nitrogens with one attached hydrogen (secondary N) is 1. The molecule has 3 N–H and O–H groups in total. The Hall–Kier alpha value is -1.55. The number of carbonyl (C=O) groups excluding carboxylic acids is 1. The van der Waals surface area contributed by atoms with Gasteiger partial charge in [-0.1, -0.05) is 17.7 Å². The van der Waals surface area contributed by atoms with E-state index in [-0.39, 0.29) is 17.4 Å². The minimum Gasteiger partial charge on any atom is -0.370 e. The molecular formula is C17H27N3O. The molecule has 1 heterocycles. The normalized spacial score (nSPS) is 19.0. The van der Waals surface area contributed by atoms with Gasteiger partial charge in [-0.3, -0.25) is 4.79 Å².